The molecule has 0 radical (unpaired) electrons. The first-order valence-corrected chi connectivity index (χ1v) is 13.9. The van der Waals surface area contributed by atoms with Gasteiger partial charge >= 0.3 is 0 Å². The molecule has 0 aliphatic carbocycles. The second kappa shape index (κ2) is 23.6. The minimum atomic E-state index is -0.640. The van der Waals surface area contributed by atoms with Crippen molar-refractivity contribution in [3.63, 3.8) is 0 Å². The molecular formula is C27H53N3O3. The first-order chi connectivity index (χ1) is 16.0. The van der Waals surface area contributed by atoms with Crippen molar-refractivity contribution >= 4 is 17.7 Å². The zero-order valence-electron chi connectivity index (χ0n) is 21.9. The number of carbonyl (C=O) groups excluding carboxylic acids is 3. The zero-order valence-corrected chi connectivity index (χ0v) is 21.9. The van der Waals surface area contributed by atoms with Gasteiger partial charge in [-0.3, -0.25) is 14.4 Å². The van der Waals surface area contributed by atoms with Crippen molar-refractivity contribution in [3.8, 4) is 0 Å². The average Bonchev–Trinajstić information content (AvgIpc) is 2.80. The molecule has 0 spiro atoms. The minimum Gasteiger partial charge on any atom is -0.356 e. The van der Waals surface area contributed by atoms with Crippen LogP contribution < -0.4 is 16.0 Å². The van der Waals surface area contributed by atoms with Crippen molar-refractivity contribution in [1.29, 1.82) is 0 Å². The molecule has 0 aliphatic heterocycles. The Bertz CT molecular complexity index is 497. The molecule has 0 saturated heterocycles. The molecule has 194 valence electrons. The van der Waals surface area contributed by atoms with E-state index in [9.17, 15) is 14.4 Å². The van der Waals surface area contributed by atoms with Gasteiger partial charge in [-0.25, -0.2) is 0 Å². The Morgan fingerprint density at radius 1 is 0.545 bits per heavy atom. The number of amides is 3. The lowest BCUT2D eigenvalue weighted by Crippen LogP contribution is -2.47. The summed E-state index contributed by atoms with van der Waals surface area (Å²) in [5.74, 6) is -0.334. The Labute approximate surface area is 203 Å². The minimum absolute atomic E-state index is 0.0607. The topological polar surface area (TPSA) is 87.3 Å². The molecular weight excluding hydrogens is 414 g/mol. The van der Waals surface area contributed by atoms with Gasteiger partial charge in [0.15, 0.2) is 0 Å². The van der Waals surface area contributed by atoms with E-state index in [1.54, 1.807) is 0 Å². The van der Waals surface area contributed by atoms with Crippen molar-refractivity contribution in [2.75, 3.05) is 13.1 Å². The molecule has 0 aromatic rings. The third-order valence-electron chi connectivity index (χ3n) is 6.00. The van der Waals surface area contributed by atoms with E-state index in [0.29, 0.717) is 25.9 Å². The highest BCUT2D eigenvalue weighted by atomic mass is 16.2. The second-order valence-electron chi connectivity index (χ2n) is 9.29. The highest BCUT2D eigenvalue weighted by Crippen LogP contribution is 2.12. The van der Waals surface area contributed by atoms with Gasteiger partial charge in [-0.05, 0) is 25.7 Å². The third-order valence-corrected chi connectivity index (χ3v) is 6.00. The van der Waals surface area contributed by atoms with Crippen LogP contribution >= 0.6 is 0 Å². The van der Waals surface area contributed by atoms with E-state index in [0.717, 1.165) is 38.5 Å². The molecule has 1 atom stereocenters. The van der Waals surface area contributed by atoms with E-state index in [-0.39, 0.29) is 24.1 Å². The van der Waals surface area contributed by atoms with Crippen LogP contribution in [-0.4, -0.2) is 36.9 Å². The van der Waals surface area contributed by atoms with Crippen molar-refractivity contribution in [3.05, 3.63) is 0 Å². The van der Waals surface area contributed by atoms with Crippen LogP contribution in [-0.2, 0) is 14.4 Å². The summed E-state index contributed by atoms with van der Waals surface area (Å²) in [5, 5.41) is 8.64. The zero-order chi connectivity index (χ0) is 24.6. The summed E-state index contributed by atoms with van der Waals surface area (Å²) in [7, 11) is 0. The summed E-state index contributed by atoms with van der Waals surface area (Å²) in [6, 6.07) is -0.640. The number of hydrogen-bond donors (Lipinski definition) is 3. The fourth-order valence-corrected chi connectivity index (χ4v) is 3.77. The molecule has 0 rings (SSSR count). The van der Waals surface area contributed by atoms with Crippen molar-refractivity contribution in [1.82, 2.24) is 16.0 Å². The van der Waals surface area contributed by atoms with Crippen LogP contribution in [0.1, 0.15) is 136 Å². The fourth-order valence-electron chi connectivity index (χ4n) is 3.77. The lowest BCUT2D eigenvalue weighted by molar-refractivity contribution is -0.129. The maximum absolute atomic E-state index is 12.5. The summed E-state index contributed by atoms with van der Waals surface area (Å²) >= 11 is 0. The predicted molar refractivity (Wildman–Crippen MR) is 138 cm³/mol. The smallest absolute Gasteiger partial charge is 0.242 e. The summed E-state index contributed by atoms with van der Waals surface area (Å²) < 4.78 is 0. The van der Waals surface area contributed by atoms with Gasteiger partial charge in [-0.1, -0.05) is 97.8 Å². The Morgan fingerprint density at radius 3 is 1.58 bits per heavy atom. The molecule has 0 aliphatic rings. The molecule has 0 fully saturated rings. The summed E-state index contributed by atoms with van der Waals surface area (Å²) in [5.41, 5.74) is 0. The normalized spacial score (nSPS) is 11.7. The highest BCUT2D eigenvalue weighted by Gasteiger charge is 2.21. The van der Waals surface area contributed by atoms with Crippen LogP contribution in [0.3, 0.4) is 0 Å². The van der Waals surface area contributed by atoms with Gasteiger partial charge in [0.2, 0.25) is 17.7 Å². The monoisotopic (exact) mass is 467 g/mol. The molecule has 0 saturated carbocycles. The van der Waals surface area contributed by atoms with E-state index >= 15 is 0 Å². The van der Waals surface area contributed by atoms with E-state index in [2.05, 4.69) is 36.7 Å². The first kappa shape index (κ1) is 31.4. The standard InChI is InChI=1S/C27H53N3O3/c1-4-7-10-11-12-13-14-15-16-17-18-19-26(32)30-24(27(33)29-23-9-6-3)20-21-25(31)28-22-8-5-2/h24H,4-23H2,1-3H3,(H,28,31)(H,29,33)(H,30,32)/t24-/m0/s1. The highest BCUT2D eigenvalue weighted by molar-refractivity contribution is 5.88. The Hall–Kier alpha value is -1.59. The van der Waals surface area contributed by atoms with Crippen molar-refractivity contribution in [2.45, 2.75) is 142 Å². The van der Waals surface area contributed by atoms with Gasteiger partial charge in [0.05, 0.1) is 0 Å². The van der Waals surface area contributed by atoms with Crippen molar-refractivity contribution in [2.24, 2.45) is 0 Å². The molecule has 0 bridgehead atoms. The predicted octanol–water partition coefficient (Wildman–Crippen LogP) is 5.79. The van der Waals surface area contributed by atoms with Crippen LogP contribution in [0, 0.1) is 0 Å². The molecule has 6 heteroatoms. The summed E-state index contributed by atoms with van der Waals surface area (Å²) in [6.45, 7) is 7.65. The van der Waals surface area contributed by atoms with Crippen LogP contribution in [0.2, 0.25) is 0 Å². The largest absolute Gasteiger partial charge is 0.356 e. The number of hydrogen-bond acceptors (Lipinski definition) is 3. The van der Waals surface area contributed by atoms with Gasteiger partial charge in [-0.2, -0.15) is 0 Å². The van der Waals surface area contributed by atoms with Crippen LogP contribution in [0.15, 0.2) is 0 Å². The maximum Gasteiger partial charge on any atom is 0.242 e. The quantitative estimate of drug-likeness (QED) is 0.166. The Morgan fingerprint density at radius 2 is 1.03 bits per heavy atom. The number of rotatable bonds is 23. The lowest BCUT2D eigenvalue weighted by Gasteiger charge is -2.18. The van der Waals surface area contributed by atoms with Gasteiger partial charge in [-0.15, -0.1) is 0 Å². The number of nitrogens with one attached hydrogen (secondary N) is 3. The number of carbonyl (C=O) groups is 3. The van der Waals surface area contributed by atoms with E-state index in [1.807, 2.05) is 0 Å². The molecule has 6 nitrogen and oxygen atoms in total. The summed E-state index contributed by atoms with van der Waals surface area (Å²) in [6.07, 6.45) is 18.6. The maximum atomic E-state index is 12.5. The SMILES string of the molecule is CCCCCCCCCCCCCC(=O)N[C@@H](CCC(=O)NCCCC)C(=O)NCCCC. The van der Waals surface area contributed by atoms with Gasteiger partial charge < -0.3 is 16.0 Å². The third kappa shape index (κ3) is 20.7. The van der Waals surface area contributed by atoms with Crippen molar-refractivity contribution < 1.29 is 14.4 Å². The molecule has 33 heavy (non-hydrogen) atoms. The van der Waals surface area contributed by atoms with Crippen LogP contribution in [0.5, 0.6) is 0 Å². The lowest BCUT2D eigenvalue weighted by atomic mass is 10.0. The molecule has 3 N–H and O–H groups in total. The van der Waals surface area contributed by atoms with Gasteiger partial charge in [0.25, 0.3) is 0 Å². The molecule has 0 aromatic carbocycles. The number of unbranched alkanes of at least 4 members (excludes halogenated alkanes) is 12. The van der Waals surface area contributed by atoms with Gasteiger partial charge in [0, 0.05) is 25.9 Å². The molecule has 0 aromatic heterocycles. The van der Waals surface area contributed by atoms with E-state index in [1.165, 1.54) is 57.8 Å². The van der Waals surface area contributed by atoms with E-state index in [4.69, 9.17) is 0 Å². The average molecular weight is 468 g/mol. The van der Waals surface area contributed by atoms with Crippen LogP contribution in [0.25, 0.3) is 0 Å². The van der Waals surface area contributed by atoms with Gasteiger partial charge in [0.1, 0.15) is 6.04 Å². The summed E-state index contributed by atoms with van der Waals surface area (Å²) in [4.78, 5) is 37.0. The molecule has 0 heterocycles. The Balaban J connectivity index is 4.14. The van der Waals surface area contributed by atoms with Crippen LogP contribution in [0.4, 0.5) is 0 Å². The molecule has 0 unspecified atom stereocenters. The Kier molecular flexibility index (Phi) is 22.4. The molecule has 3 amide bonds. The second-order valence-corrected chi connectivity index (χ2v) is 9.29. The van der Waals surface area contributed by atoms with E-state index < -0.39 is 6.04 Å². The first-order valence-electron chi connectivity index (χ1n) is 13.9. The fraction of sp³-hybridized carbons (Fsp3) is 0.889.